The van der Waals surface area contributed by atoms with Crippen molar-refractivity contribution < 1.29 is 4.79 Å². The van der Waals surface area contributed by atoms with E-state index in [1.165, 1.54) is 0 Å². The van der Waals surface area contributed by atoms with Gasteiger partial charge in [-0.2, -0.15) is 0 Å². The van der Waals surface area contributed by atoms with Gasteiger partial charge in [0.25, 0.3) is 5.91 Å². The zero-order valence-electron chi connectivity index (χ0n) is 20.8. The van der Waals surface area contributed by atoms with Crippen molar-refractivity contribution in [2.24, 2.45) is 0 Å². The quantitative estimate of drug-likeness (QED) is 0.287. The Labute approximate surface area is 245 Å². The number of benzene rings is 1. The Balaban J connectivity index is 0.00000160. The average molecular weight is 608 g/mol. The minimum Gasteiger partial charge on any atom is -0.354 e. The average Bonchev–Trinajstić information content (AvgIpc) is 3.50. The van der Waals surface area contributed by atoms with Gasteiger partial charge in [0.1, 0.15) is 5.69 Å². The van der Waals surface area contributed by atoms with Gasteiger partial charge in [0.2, 0.25) is 5.95 Å². The van der Waals surface area contributed by atoms with Crippen LogP contribution in [0.2, 0.25) is 5.02 Å². The van der Waals surface area contributed by atoms with Crippen molar-refractivity contribution in [2.45, 2.75) is 51.2 Å². The molecule has 204 valence electrons. The number of aromatic nitrogens is 2. The Morgan fingerprint density at radius 3 is 2.62 bits per heavy atom. The van der Waals surface area contributed by atoms with Crippen LogP contribution < -0.4 is 16.0 Å². The maximum atomic E-state index is 12.7. The predicted molar refractivity (Wildman–Crippen MR) is 162 cm³/mol. The number of amides is 1. The standard InChI is InChI=1S/C25H31ClN6OS.3ClH/c1-15-13-32(14-16(2)29-15)10-4-9-27-25-28-12-20(26)23(31-25)22-11-19-18(5-3-6-21(19)34-22)24(33)30-17-7-8-17;;;/h3,5-6,11-12,15-17,29H,4,7-10,13-14H2,1-2H3,(H,30,33)(H,27,28,31);3*1H. The Morgan fingerprint density at radius 2 is 1.92 bits per heavy atom. The van der Waals surface area contributed by atoms with Crippen LogP contribution in [-0.2, 0) is 0 Å². The summed E-state index contributed by atoms with van der Waals surface area (Å²) in [6.45, 7) is 8.48. The maximum absolute atomic E-state index is 12.7. The van der Waals surface area contributed by atoms with Crippen LogP contribution in [0.3, 0.4) is 0 Å². The summed E-state index contributed by atoms with van der Waals surface area (Å²) in [5.41, 5.74) is 1.39. The normalized spacial score (nSPS) is 19.3. The van der Waals surface area contributed by atoms with Crippen molar-refractivity contribution in [3.63, 3.8) is 0 Å². The number of anilines is 1. The van der Waals surface area contributed by atoms with E-state index in [1.807, 2.05) is 24.3 Å². The molecule has 3 heterocycles. The highest BCUT2D eigenvalue weighted by molar-refractivity contribution is 7.22. The molecule has 1 saturated heterocycles. The zero-order chi connectivity index (χ0) is 23.7. The van der Waals surface area contributed by atoms with Crippen molar-refractivity contribution in [3.8, 4) is 10.6 Å². The first kappa shape index (κ1) is 31.8. The molecule has 2 fully saturated rings. The van der Waals surface area contributed by atoms with Crippen LogP contribution in [0.4, 0.5) is 5.95 Å². The summed E-state index contributed by atoms with van der Waals surface area (Å²) in [5.74, 6) is 0.562. The van der Waals surface area contributed by atoms with Crippen molar-refractivity contribution in [1.29, 1.82) is 0 Å². The number of fused-ring (bicyclic) bond motifs is 1. The fraction of sp³-hybridized carbons (Fsp3) is 0.480. The van der Waals surface area contributed by atoms with Gasteiger partial charge < -0.3 is 20.9 Å². The number of hydrogen-bond donors (Lipinski definition) is 3. The summed E-state index contributed by atoms with van der Waals surface area (Å²) in [6, 6.07) is 9.24. The van der Waals surface area contributed by atoms with E-state index >= 15 is 0 Å². The zero-order valence-corrected chi connectivity index (χ0v) is 24.9. The molecule has 1 aromatic carbocycles. The summed E-state index contributed by atoms with van der Waals surface area (Å²) in [6.07, 6.45) is 4.80. The van der Waals surface area contributed by atoms with Gasteiger partial charge in [-0.15, -0.1) is 48.6 Å². The highest BCUT2D eigenvalue weighted by Gasteiger charge is 2.25. The number of piperazine rings is 1. The lowest BCUT2D eigenvalue weighted by atomic mass is 10.1. The highest BCUT2D eigenvalue weighted by Crippen LogP contribution is 2.37. The third kappa shape index (κ3) is 8.05. The Bertz CT molecular complexity index is 1180. The lowest BCUT2D eigenvalue weighted by Gasteiger charge is -2.36. The van der Waals surface area contributed by atoms with Gasteiger partial charge in [-0.05, 0) is 57.9 Å². The van der Waals surface area contributed by atoms with Crippen molar-refractivity contribution >= 4 is 82.1 Å². The summed E-state index contributed by atoms with van der Waals surface area (Å²) >= 11 is 8.08. The number of nitrogens with one attached hydrogen (secondary N) is 3. The van der Waals surface area contributed by atoms with E-state index in [4.69, 9.17) is 16.6 Å². The molecule has 37 heavy (non-hydrogen) atoms. The van der Waals surface area contributed by atoms with E-state index in [-0.39, 0.29) is 43.1 Å². The molecule has 2 aliphatic rings. The van der Waals surface area contributed by atoms with E-state index in [0.29, 0.717) is 40.4 Å². The first-order valence-corrected chi connectivity index (χ1v) is 13.2. The molecule has 2 atom stereocenters. The molecule has 3 aromatic rings. The topological polar surface area (TPSA) is 82.2 Å². The third-order valence-electron chi connectivity index (χ3n) is 6.26. The van der Waals surface area contributed by atoms with E-state index in [2.05, 4.69) is 39.7 Å². The van der Waals surface area contributed by atoms with Crippen LogP contribution in [0.1, 0.15) is 43.5 Å². The van der Waals surface area contributed by atoms with Crippen LogP contribution in [-0.4, -0.2) is 65.1 Å². The van der Waals surface area contributed by atoms with Crippen molar-refractivity contribution in [2.75, 3.05) is 31.5 Å². The first-order valence-electron chi connectivity index (χ1n) is 12.0. The summed E-state index contributed by atoms with van der Waals surface area (Å²) in [5, 5.41) is 11.4. The Kier molecular flexibility index (Phi) is 12.1. The molecular weight excluding hydrogens is 574 g/mol. The fourth-order valence-corrected chi connectivity index (χ4v) is 5.96. The van der Waals surface area contributed by atoms with E-state index in [0.717, 1.165) is 60.4 Å². The van der Waals surface area contributed by atoms with Crippen LogP contribution in [0.25, 0.3) is 20.7 Å². The predicted octanol–water partition coefficient (Wildman–Crippen LogP) is 5.65. The minimum absolute atomic E-state index is 0. The smallest absolute Gasteiger partial charge is 0.252 e. The molecule has 2 unspecified atom stereocenters. The number of halogens is 4. The molecule has 1 aliphatic carbocycles. The summed E-state index contributed by atoms with van der Waals surface area (Å²) < 4.78 is 1.04. The Morgan fingerprint density at radius 1 is 1.19 bits per heavy atom. The fourth-order valence-electron chi connectivity index (χ4n) is 4.62. The molecule has 2 aromatic heterocycles. The van der Waals surface area contributed by atoms with Gasteiger partial charge in [0.05, 0.1) is 16.1 Å². The molecule has 1 aliphatic heterocycles. The second-order valence-corrected chi connectivity index (χ2v) is 11.0. The van der Waals surface area contributed by atoms with Gasteiger partial charge in [0, 0.05) is 53.4 Å². The monoisotopic (exact) mass is 606 g/mol. The third-order valence-corrected chi connectivity index (χ3v) is 7.65. The number of thiophene rings is 1. The highest BCUT2D eigenvalue weighted by atomic mass is 35.5. The molecule has 7 nitrogen and oxygen atoms in total. The van der Waals surface area contributed by atoms with Gasteiger partial charge in [-0.25, -0.2) is 9.97 Å². The number of carbonyl (C=O) groups is 1. The second-order valence-electron chi connectivity index (χ2n) is 9.47. The number of nitrogens with zero attached hydrogens (tertiary/aromatic N) is 3. The largest absolute Gasteiger partial charge is 0.354 e. The van der Waals surface area contributed by atoms with E-state index in [1.54, 1.807) is 17.5 Å². The molecule has 0 radical (unpaired) electrons. The van der Waals surface area contributed by atoms with Crippen LogP contribution >= 0.6 is 60.2 Å². The van der Waals surface area contributed by atoms with Gasteiger partial charge >= 0.3 is 0 Å². The van der Waals surface area contributed by atoms with Gasteiger partial charge in [-0.1, -0.05) is 17.7 Å². The van der Waals surface area contributed by atoms with Crippen LogP contribution in [0.15, 0.2) is 30.5 Å². The van der Waals surface area contributed by atoms with Crippen molar-refractivity contribution in [1.82, 2.24) is 25.5 Å². The maximum Gasteiger partial charge on any atom is 0.252 e. The van der Waals surface area contributed by atoms with Gasteiger partial charge in [0.15, 0.2) is 0 Å². The lowest BCUT2D eigenvalue weighted by Crippen LogP contribution is -2.54. The molecule has 5 rings (SSSR count). The number of rotatable bonds is 8. The summed E-state index contributed by atoms with van der Waals surface area (Å²) in [4.78, 5) is 25.2. The van der Waals surface area contributed by atoms with E-state index in [9.17, 15) is 4.79 Å². The lowest BCUT2D eigenvalue weighted by molar-refractivity contribution is 0.0952. The molecule has 12 heteroatoms. The van der Waals surface area contributed by atoms with Crippen molar-refractivity contribution in [3.05, 3.63) is 41.0 Å². The second kappa shape index (κ2) is 14.1. The molecular formula is C25H34Cl4N6OS. The molecule has 1 saturated carbocycles. The SMILES string of the molecule is CC1CN(CCCNc2ncc(Cl)c(-c3cc4c(C(=O)NC5CC5)cccc4s3)n2)CC(C)N1.Cl.Cl.Cl. The number of carbonyl (C=O) groups excluding carboxylic acids is 1. The molecule has 3 N–H and O–H groups in total. The Hall–Kier alpha value is -1.39. The van der Waals surface area contributed by atoms with Gasteiger partial charge in [-0.3, -0.25) is 4.79 Å². The molecule has 0 spiro atoms. The van der Waals surface area contributed by atoms with Crippen LogP contribution in [0, 0.1) is 0 Å². The number of hydrogen-bond acceptors (Lipinski definition) is 7. The van der Waals surface area contributed by atoms with Crippen LogP contribution in [0.5, 0.6) is 0 Å². The van der Waals surface area contributed by atoms with E-state index < -0.39 is 0 Å². The summed E-state index contributed by atoms with van der Waals surface area (Å²) in [7, 11) is 0. The minimum atomic E-state index is -0.0122. The molecule has 0 bridgehead atoms. The molecule has 1 amide bonds. The first-order chi connectivity index (χ1) is 16.5.